The van der Waals surface area contributed by atoms with Gasteiger partial charge in [-0.3, -0.25) is 0 Å². The molecule has 0 aromatic heterocycles. The standard InChI is InChI=1S/C10H10/c1-2-4-9(5-3-1)8-10-6-7-10/h1-5,8H,6-7H2. The molecule has 0 bridgehead atoms. The molecule has 1 aliphatic rings. The normalized spacial score (nSPS) is 15.0. The van der Waals surface area contributed by atoms with Crippen LogP contribution in [-0.4, -0.2) is 0 Å². The van der Waals surface area contributed by atoms with E-state index in [9.17, 15) is 0 Å². The van der Waals surface area contributed by atoms with Crippen molar-refractivity contribution in [2.45, 2.75) is 12.8 Å². The molecule has 0 amide bonds. The van der Waals surface area contributed by atoms with Crippen molar-refractivity contribution in [2.24, 2.45) is 0 Å². The van der Waals surface area contributed by atoms with Crippen molar-refractivity contribution in [3.05, 3.63) is 41.5 Å². The average molecular weight is 130 g/mol. The predicted octanol–water partition coefficient (Wildman–Crippen LogP) is 2.86. The van der Waals surface area contributed by atoms with Crippen molar-refractivity contribution >= 4 is 6.08 Å². The third kappa shape index (κ3) is 1.27. The van der Waals surface area contributed by atoms with Crippen molar-refractivity contribution < 1.29 is 0 Å². The first-order valence-corrected chi connectivity index (χ1v) is 3.70. The van der Waals surface area contributed by atoms with Crippen LogP contribution in [0.4, 0.5) is 0 Å². The van der Waals surface area contributed by atoms with Crippen LogP contribution in [0.2, 0.25) is 0 Å². The van der Waals surface area contributed by atoms with Gasteiger partial charge in [0.15, 0.2) is 0 Å². The SMILES string of the molecule is C(=C1CC1)c1ccccc1. The number of allylic oxidation sites excluding steroid dienone is 1. The Hall–Kier alpha value is -1.04. The first-order valence-electron chi connectivity index (χ1n) is 3.70. The van der Waals surface area contributed by atoms with Crippen LogP contribution in [0.1, 0.15) is 18.4 Å². The highest BCUT2D eigenvalue weighted by atomic mass is 14.1. The molecule has 10 heavy (non-hydrogen) atoms. The summed E-state index contributed by atoms with van der Waals surface area (Å²) in [4.78, 5) is 0. The third-order valence-electron chi connectivity index (χ3n) is 1.71. The summed E-state index contributed by atoms with van der Waals surface area (Å²) in [6.07, 6.45) is 4.91. The summed E-state index contributed by atoms with van der Waals surface area (Å²) in [5.74, 6) is 0. The number of hydrogen-bond donors (Lipinski definition) is 0. The van der Waals surface area contributed by atoms with Crippen LogP contribution >= 0.6 is 0 Å². The highest BCUT2D eigenvalue weighted by Crippen LogP contribution is 2.29. The van der Waals surface area contributed by atoms with Crippen molar-refractivity contribution in [3.8, 4) is 0 Å². The van der Waals surface area contributed by atoms with Gasteiger partial charge in [0, 0.05) is 0 Å². The fourth-order valence-electron chi connectivity index (χ4n) is 1.00. The minimum Gasteiger partial charge on any atom is -0.0690 e. The van der Waals surface area contributed by atoms with Gasteiger partial charge in [0.25, 0.3) is 0 Å². The molecule has 0 saturated heterocycles. The van der Waals surface area contributed by atoms with Gasteiger partial charge in [-0.15, -0.1) is 0 Å². The molecule has 1 fully saturated rings. The van der Waals surface area contributed by atoms with Crippen molar-refractivity contribution in [1.82, 2.24) is 0 Å². The average Bonchev–Trinajstić information content (AvgIpc) is 2.74. The number of hydrogen-bond acceptors (Lipinski definition) is 0. The second kappa shape index (κ2) is 2.30. The van der Waals surface area contributed by atoms with Gasteiger partial charge in [-0.1, -0.05) is 42.0 Å². The van der Waals surface area contributed by atoms with Crippen LogP contribution in [0.15, 0.2) is 35.9 Å². The van der Waals surface area contributed by atoms with Crippen LogP contribution in [0.25, 0.3) is 6.08 Å². The molecule has 0 atom stereocenters. The highest BCUT2D eigenvalue weighted by Gasteiger charge is 2.09. The Morgan fingerprint density at radius 2 is 1.70 bits per heavy atom. The zero-order chi connectivity index (χ0) is 6.81. The Morgan fingerprint density at radius 1 is 1.00 bits per heavy atom. The second-order valence-electron chi connectivity index (χ2n) is 2.71. The maximum Gasteiger partial charge on any atom is -0.0257 e. The van der Waals surface area contributed by atoms with Crippen molar-refractivity contribution in [1.29, 1.82) is 0 Å². The molecule has 0 heterocycles. The molecule has 0 heteroatoms. The lowest BCUT2D eigenvalue weighted by Crippen LogP contribution is -1.66. The summed E-state index contributed by atoms with van der Waals surface area (Å²) in [6, 6.07) is 10.5. The van der Waals surface area contributed by atoms with Crippen LogP contribution in [0.5, 0.6) is 0 Å². The van der Waals surface area contributed by atoms with E-state index in [-0.39, 0.29) is 0 Å². The van der Waals surface area contributed by atoms with Crippen LogP contribution in [-0.2, 0) is 0 Å². The fourth-order valence-corrected chi connectivity index (χ4v) is 1.00. The largest absolute Gasteiger partial charge is 0.0690 e. The molecule has 2 rings (SSSR count). The van der Waals surface area contributed by atoms with E-state index in [4.69, 9.17) is 0 Å². The quantitative estimate of drug-likeness (QED) is 0.548. The summed E-state index contributed by atoms with van der Waals surface area (Å²) in [5.41, 5.74) is 2.93. The molecule has 0 aliphatic heterocycles. The van der Waals surface area contributed by atoms with E-state index >= 15 is 0 Å². The Morgan fingerprint density at radius 3 is 2.30 bits per heavy atom. The van der Waals surface area contributed by atoms with Crippen LogP contribution < -0.4 is 0 Å². The lowest BCUT2D eigenvalue weighted by Gasteiger charge is -1.87. The summed E-state index contributed by atoms with van der Waals surface area (Å²) < 4.78 is 0. The highest BCUT2D eigenvalue weighted by molar-refractivity contribution is 5.55. The maximum absolute atomic E-state index is 2.28. The minimum atomic E-state index is 1.31. The van der Waals surface area contributed by atoms with Crippen molar-refractivity contribution in [3.63, 3.8) is 0 Å². The minimum absolute atomic E-state index is 1.31. The van der Waals surface area contributed by atoms with Crippen molar-refractivity contribution in [2.75, 3.05) is 0 Å². The molecule has 1 aromatic carbocycles. The van der Waals surface area contributed by atoms with E-state index in [1.54, 1.807) is 5.57 Å². The smallest absolute Gasteiger partial charge is 0.0257 e. The van der Waals surface area contributed by atoms with Gasteiger partial charge in [-0.25, -0.2) is 0 Å². The Kier molecular flexibility index (Phi) is 1.31. The van der Waals surface area contributed by atoms with Gasteiger partial charge >= 0.3 is 0 Å². The molecule has 0 N–H and O–H groups in total. The molecule has 1 aliphatic carbocycles. The predicted molar refractivity (Wildman–Crippen MR) is 43.7 cm³/mol. The number of benzene rings is 1. The molecule has 50 valence electrons. The van der Waals surface area contributed by atoms with Gasteiger partial charge in [0.1, 0.15) is 0 Å². The molecule has 1 saturated carbocycles. The van der Waals surface area contributed by atoms with Gasteiger partial charge < -0.3 is 0 Å². The van der Waals surface area contributed by atoms with Crippen LogP contribution in [0.3, 0.4) is 0 Å². The topological polar surface area (TPSA) is 0 Å². The fraction of sp³-hybridized carbons (Fsp3) is 0.200. The molecular weight excluding hydrogens is 120 g/mol. The second-order valence-corrected chi connectivity index (χ2v) is 2.71. The van der Waals surface area contributed by atoms with Crippen LogP contribution in [0, 0.1) is 0 Å². The third-order valence-corrected chi connectivity index (χ3v) is 1.71. The van der Waals surface area contributed by atoms with E-state index in [1.165, 1.54) is 18.4 Å². The van der Waals surface area contributed by atoms with Gasteiger partial charge in [0.2, 0.25) is 0 Å². The van der Waals surface area contributed by atoms with Gasteiger partial charge in [-0.2, -0.15) is 0 Å². The summed E-state index contributed by atoms with van der Waals surface area (Å²) in [5, 5.41) is 0. The molecule has 1 aromatic rings. The molecule has 0 nitrogen and oxygen atoms in total. The van der Waals surface area contributed by atoms with E-state index in [1.807, 2.05) is 0 Å². The Balaban J connectivity index is 2.26. The monoisotopic (exact) mass is 130 g/mol. The molecule has 0 radical (unpaired) electrons. The lowest BCUT2D eigenvalue weighted by atomic mass is 10.2. The first-order chi connectivity index (χ1) is 4.95. The Bertz CT molecular complexity index is 238. The van der Waals surface area contributed by atoms with E-state index < -0.39 is 0 Å². The zero-order valence-electron chi connectivity index (χ0n) is 5.88. The summed E-state index contributed by atoms with van der Waals surface area (Å²) in [6.45, 7) is 0. The van der Waals surface area contributed by atoms with Gasteiger partial charge in [0.05, 0.1) is 0 Å². The lowest BCUT2D eigenvalue weighted by molar-refractivity contribution is 1.50. The molecular formula is C10H10. The molecule has 0 spiro atoms. The maximum atomic E-state index is 2.28. The van der Waals surface area contributed by atoms with Gasteiger partial charge in [-0.05, 0) is 18.4 Å². The van der Waals surface area contributed by atoms with E-state index in [2.05, 4.69) is 36.4 Å². The molecule has 0 unspecified atom stereocenters. The van der Waals surface area contributed by atoms with E-state index in [0.29, 0.717) is 0 Å². The summed E-state index contributed by atoms with van der Waals surface area (Å²) >= 11 is 0. The zero-order valence-corrected chi connectivity index (χ0v) is 5.88. The van der Waals surface area contributed by atoms with E-state index in [0.717, 1.165) is 0 Å². The first kappa shape index (κ1) is 5.72. The number of rotatable bonds is 1. The summed E-state index contributed by atoms with van der Waals surface area (Å²) in [7, 11) is 0. The Labute approximate surface area is 61.2 Å².